The first kappa shape index (κ1) is 24.6. The number of nitrogens with one attached hydrogen (secondary N) is 2. The Morgan fingerprint density at radius 3 is 2.28 bits per heavy atom. The monoisotopic (exact) mass is 483 g/mol. The van der Waals surface area contributed by atoms with Crippen molar-refractivity contribution < 1.29 is 35.3 Å². The van der Waals surface area contributed by atoms with E-state index in [-0.39, 0.29) is 42.1 Å². The van der Waals surface area contributed by atoms with E-state index in [1.54, 1.807) is 0 Å². The van der Waals surface area contributed by atoms with Crippen LogP contribution < -0.4 is 0 Å². The molecule has 0 bridgehead atoms. The molecule has 1 unspecified atom stereocenters. The zero-order chi connectivity index (χ0) is 23.9. The van der Waals surface area contributed by atoms with Crippen LogP contribution in [0.15, 0.2) is 29.3 Å². The second-order valence-electron chi connectivity index (χ2n) is 8.05. The number of aromatic amines is 1. The quantitative estimate of drug-likeness (QED) is 0.512. The van der Waals surface area contributed by atoms with Crippen LogP contribution in [-0.4, -0.2) is 32.7 Å². The Balaban J connectivity index is 1.95. The van der Waals surface area contributed by atoms with Gasteiger partial charge >= 0.3 is 12.4 Å². The van der Waals surface area contributed by atoms with E-state index in [9.17, 15) is 30.6 Å². The van der Waals surface area contributed by atoms with E-state index < -0.39 is 45.8 Å². The fraction of sp³-hybridized carbons (Fsp3) is 0.550. The number of rotatable bonds is 5. The first-order chi connectivity index (χ1) is 14.7. The minimum Gasteiger partial charge on any atom is -0.362 e. The number of imidazole rings is 1. The van der Waals surface area contributed by atoms with Gasteiger partial charge < -0.3 is 9.72 Å². The van der Waals surface area contributed by atoms with Crippen molar-refractivity contribution in [3.63, 3.8) is 0 Å². The Hall–Kier alpha value is -2.08. The summed E-state index contributed by atoms with van der Waals surface area (Å²) in [7, 11) is -3.22. The molecular formula is C20H23F6N3O2S. The van der Waals surface area contributed by atoms with Crippen molar-refractivity contribution in [3.05, 3.63) is 46.9 Å². The Kier molecular flexibility index (Phi) is 6.67. The minimum absolute atomic E-state index is 0.0474. The van der Waals surface area contributed by atoms with Gasteiger partial charge in [-0.1, -0.05) is 12.1 Å². The molecule has 12 heteroatoms. The standard InChI is InChI=1S/C20H23F6N3O2S/c1-11-18(32(2,27)30)29-17(28-11)16(12-4-3-5-14(10-12)20(24,25)26)31-15-8-6-13(7-9-15)19(21,22)23/h3-5,10,13,15-16,27H,6-9H2,1-2H3,(H,28,29)/t13?,15?,16?,32-/m1/s1. The van der Waals surface area contributed by atoms with Crippen molar-refractivity contribution in [2.75, 3.05) is 6.26 Å². The summed E-state index contributed by atoms with van der Waals surface area (Å²) in [6, 6.07) is 4.41. The average Bonchev–Trinajstić information content (AvgIpc) is 3.07. The summed E-state index contributed by atoms with van der Waals surface area (Å²) < 4.78 is 105. The number of hydrogen-bond donors (Lipinski definition) is 2. The first-order valence-corrected chi connectivity index (χ1v) is 11.8. The van der Waals surface area contributed by atoms with Crippen molar-refractivity contribution in [1.29, 1.82) is 4.78 Å². The predicted molar refractivity (Wildman–Crippen MR) is 105 cm³/mol. The van der Waals surface area contributed by atoms with Crippen LogP contribution in [0.4, 0.5) is 26.3 Å². The molecule has 1 aliphatic rings. The summed E-state index contributed by atoms with van der Waals surface area (Å²) in [6.45, 7) is 1.53. The van der Waals surface area contributed by atoms with Gasteiger partial charge in [0.15, 0.2) is 5.03 Å². The van der Waals surface area contributed by atoms with Gasteiger partial charge in [-0.05, 0) is 50.3 Å². The maximum absolute atomic E-state index is 13.2. The molecule has 178 valence electrons. The fourth-order valence-electron chi connectivity index (χ4n) is 3.87. The Labute approximate surface area is 181 Å². The first-order valence-electron chi connectivity index (χ1n) is 9.86. The molecule has 2 atom stereocenters. The summed E-state index contributed by atoms with van der Waals surface area (Å²) in [4.78, 5) is 7.00. The molecule has 5 nitrogen and oxygen atoms in total. The Bertz CT molecular complexity index is 1050. The lowest BCUT2D eigenvalue weighted by atomic mass is 9.87. The number of ether oxygens (including phenoxy) is 1. The van der Waals surface area contributed by atoms with Crippen LogP contribution in [0, 0.1) is 17.6 Å². The van der Waals surface area contributed by atoms with Gasteiger partial charge in [0.2, 0.25) is 0 Å². The van der Waals surface area contributed by atoms with Crippen LogP contribution in [0.2, 0.25) is 0 Å². The highest BCUT2D eigenvalue weighted by molar-refractivity contribution is 7.91. The molecule has 0 aliphatic heterocycles. The average molecular weight is 483 g/mol. The normalized spacial score (nSPS) is 23.0. The van der Waals surface area contributed by atoms with Gasteiger partial charge in [0.25, 0.3) is 0 Å². The number of aryl methyl sites for hydroxylation is 1. The molecule has 1 aromatic heterocycles. The largest absolute Gasteiger partial charge is 0.416 e. The van der Waals surface area contributed by atoms with Gasteiger partial charge in [-0.2, -0.15) is 26.3 Å². The molecule has 0 saturated heterocycles. The maximum Gasteiger partial charge on any atom is 0.416 e. The molecule has 3 rings (SSSR count). The highest BCUT2D eigenvalue weighted by Gasteiger charge is 2.42. The summed E-state index contributed by atoms with van der Waals surface area (Å²) in [6.07, 6.45) is -9.60. The van der Waals surface area contributed by atoms with Crippen LogP contribution in [0.1, 0.15) is 54.4 Å². The third-order valence-electron chi connectivity index (χ3n) is 5.46. The number of alkyl halides is 6. The molecule has 2 aromatic rings. The van der Waals surface area contributed by atoms with Crippen molar-refractivity contribution in [2.45, 2.75) is 62.2 Å². The zero-order valence-electron chi connectivity index (χ0n) is 17.3. The Morgan fingerprint density at radius 1 is 1.16 bits per heavy atom. The van der Waals surface area contributed by atoms with Crippen molar-refractivity contribution in [2.24, 2.45) is 5.92 Å². The molecule has 32 heavy (non-hydrogen) atoms. The molecule has 1 heterocycles. The summed E-state index contributed by atoms with van der Waals surface area (Å²) in [5.41, 5.74) is -0.498. The summed E-state index contributed by atoms with van der Waals surface area (Å²) in [5.74, 6) is -1.38. The van der Waals surface area contributed by atoms with Crippen LogP contribution >= 0.6 is 0 Å². The van der Waals surface area contributed by atoms with Crippen LogP contribution in [0.3, 0.4) is 0 Å². The van der Waals surface area contributed by atoms with Gasteiger partial charge in [0.1, 0.15) is 11.9 Å². The van der Waals surface area contributed by atoms with Gasteiger partial charge in [-0.3, -0.25) is 0 Å². The topological polar surface area (TPSA) is 78.8 Å². The summed E-state index contributed by atoms with van der Waals surface area (Å²) in [5, 5.41) is -0.0474. The van der Waals surface area contributed by atoms with Crippen LogP contribution in [0.5, 0.6) is 0 Å². The Morgan fingerprint density at radius 2 is 1.78 bits per heavy atom. The molecular weight excluding hydrogens is 460 g/mol. The lowest BCUT2D eigenvalue weighted by Gasteiger charge is -2.32. The van der Waals surface area contributed by atoms with Crippen molar-refractivity contribution in [1.82, 2.24) is 9.97 Å². The van der Waals surface area contributed by atoms with E-state index in [4.69, 9.17) is 9.52 Å². The SMILES string of the molecule is Cc1[nH]c(C(OC2CCC(C(F)(F)F)CC2)c2cccc(C(F)(F)F)c2)nc1[S@](C)(=N)=O. The van der Waals surface area contributed by atoms with E-state index in [1.807, 2.05) is 0 Å². The van der Waals surface area contributed by atoms with Crippen molar-refractivity contribution >= 4 is 9.73 Å². The van der Waals surface area contributed by atoms with Crippen LogP contribution in [-0.2, 0) is 20.6 Å². The summed E-state index contributed by atoms with van der Waals surface area (Å²) >= 11 is 0. The van der Waals surface area contributed by atoms with E-state index in [0.717, 1.165) is 12.1 Å². The van der Waals surface area contributed by atoms with E-state index >= 15 is 0 Å². The van der Waals surface area contributed by atoms with E-state index in [2.05, 4.69) is 9.97 Å². The molecule has 0 amide bonds. The molecule has 1 aliphatic carbocycles. The minimum atomic E-state index is -4.60. The number of nitrogens with zero attached hydrogens (tertiary/aromatic N) is 1. The van der Waals surface area contributed by atoms with Crippen LogP contribution in [0.25, 0.3) is 0 Å². The second-order valence-corrected chi connectivity index (χ2v) is 10.1. The van der Waals surface area contributed by atoms with Gasteiger partial charge in [0, 0.05) is 11.9 Å². The number of hydrogen-bond acceptors (Lipinski definition) is 4. The molecule has 2 N–H and O–H groups in total. The maximum atomic E-state index is 13.2. The van der Waals surface area contributed by atoms with Gasteiger partial charge in [-0.25, -0.2) is 14.0 Å². The van der Waals surface area contributed by atoms with Crippen molar-refractivity contribution in [3.8, 4) is 0 Å². The zero-order valence-corrected chi connectivity index (χ0v) is 18.1. The highest BCUT2D eigenvalue weighted by Crippen LogP contribution is 2.40. The lowest BCUT2D eigenvalue weighted by molar-refractivity contribution is -0.188. The second kappa shape index (κ2) is 8.69. The number of halogens is 6. The predicted octanol–water partition coefficient (Wildman–Crippen LogP) is 6.00. The van der Waals surface area contributed by atoms with E-state index in [0.29, 0.717) is 5.69 Å². The lowest BCUT2D eigenvalue weighted by Crippen LogP contribution is -2.31. The van der Waals surface area contributed by atoms with Gasteiger partial charge in [0.05, 0.1) is 27.3 Å². The number of aromatic nitrogens is 2. The third-order valence-corrected chi connectivity index (χ3v) is 6.59. The molecule has 1 fully saturated rings. The van der Waals surface area contributed by atoms with Gasteiger partial charge in [-0.15, -0.1) is 0 Å². The smallest absolute Gasteiger partial charge is 0.362 e. The fourth-order valence-corrected chi connectivity index (χ4v) is 4.78. The number of benzene rings is 1. The van der Waals surface area contributed by atoms with E-state index in [1.165, 1.54) is 25.3 Å². The molecule has 1 saturated carbocycles. The third kappa shape index (κ3) is 5.64. The molecule has 0 spiro atoms. The highest BCUT2D eigenvalue weighted by atomic mass is 32.2. The molecule has 1 aromatic carbocycles. The molecule has 0 radical (unpaired) electrons. The number of H-pyrrole nitrogens is 1.